The van der Waals surface area contributed by atoms with Gasteiger partial charge in [-0.1, -0.05) is 23.4 Å². The van der Waals surface area contributed by atoms with Crippen molar-refractivity contribution in [1.29, 1.82) is 0 Å². The average Bonchev–Trinajstić information content (AvgIpc) is 3.34. The molecule has 3 aromatic rings. The van der Waals surface area contributed by atoms with Crippen LogP contribution in [0.4, 0.5) is 11.5 Å². The Morgan fingerprint density at radius 1 is 1.32 bits per heavy atom. The van der Waals surface area contributed by atoms with Crippen LogP contribution in [0.25, 0.3) is 0 Å². The highest BCUT2D eigenvalue weighted by Gasteiger charge is 2.28. The molecule has 1 atom stereocenters. The number of aryl methyl sites for hydroxylation is 2. The van der Waals surface area contributed by atoms with Crippen LogP contribution in [-0.2, 0) is 17.8 Å². The lowest BCUT2D eigenvalue weighted by Crippen LogP contribution is -2.36. The van der Waals surface area contributed by atoms with Crippen LogP contribution in [-0.4, -0.2) is 32.1 Å². The van der Waals surface area contributed by atoms with Crippen molar-refractivity contribution in [2.45, 2.75) is 46.2 Å². The van der Waals surface area contributed by atoms with Gasteiger partial charge in [0.05, 0.1) is 18.4 Å². The average molecular weight is 379 g/mol. The predicted octanol–water partition coefficient (Wildman–Crippen LogP) is 3.77. The van der Waals surface area contributed by atoms with E-state index in [1.165, 1.54) is 0 Å². The topological polar surface area (TPSA) is 76.2 Å². The van der Waals surface area contributed by atoms with Crippen molar-refractivity contribution >= 4 is 17.4 Å². The van der Waals surface area contributed by atoms with Gasteiger partial charge in [0.15, 0.2) is 5.82 Å². The van der Waals surface area contributed by atoms with E-state index in [2.05, 4.69) is 41.4 Å². The first kappa shape index (κ1) is 18.3. The van der Waals surface area contributed by atoms with Crippen molar-refractivity contribution in [2.24, 2.45) is 0 Å². The highest BCUT2D eigenvalue weighted by Crippen LogP contribution is 2.31. The van der Waals surface area contributed by atoms with Gasteiger partial charge in [0.25, 0.3) is 0 Å². The molecule has 2 aromatic heterocycles. The molecule has 1 aromatic carbocycles. The molecule has 0 fully saturated rings. The second-order valence-electron chi connectivity index (χ2n) is 7.45. The molecular weight excluding hydrogens is 354 g/mol. The van der Waals surface area contributed by atoms with Gasteiger partial charge in [-0.15, -0.1) is 0 Å². The maximum absolute atomic E-state index is 12.8. The van der Waals surface area contributed by atoms with Gasteiger partial charge >= 0.3 is 0 Å². The van der Waals surface area contributed by atoms with E-state index in [1.807, 2.05) is 28.7 Å². The molecule has 0 bridgehead atoms. The third kappa shape index (κ3) is 3.52. The van der Waals surface area contributed by atoms with Gasteiger partial charge in [0.1, 0.15) is 5.76 Å². The molecule has 0 unspecified atom stereocenters. The molecule has 0 saturated carbocycles. The maximum Gasteiger partial charge on any atom is 0.224 e. The van der Waals surface area contributed by atoms with Crippen LogP contribution in [0.2, 0.25) is 0 Å². The van der Waals surface area contributed by atoms with Crippen LogP contribution in [0, 0.1) is 13.8 Å². The fourth-order valence-corrected chi connectivity index (χ4v) is 3.67. The van der Waals surface area contributed by atoms with Gasteiger partial charge in [-0.2, -0.15) is 0 Å². The molecular formula is C21H25N5O2. The Balaban J connectivity index is 1.49. The number of amides is 1. The number of nitrogens with one attached hydrogen (secondary N) is 1. The van der Waals surface area contributed by atoms with Gasteiger partial charge in [0, 0.05) is 43.5 Å². The minimum Gasteiger partial charge on any atom is -0.359 e. The lowest BCUT2D eigenvalue weighted by atomic mass is 10.1. The van der Waals surface area contributed by atoms with Crippen LogP contribution in [0.3, 0.4) is 0 Å². The number of rotatable bonds is 5. The number of fused-ring (bicyclic) bond motifs is 1. The molecule has 3 heterocycles. The molecule has 1 aliphatic rings. The second kappa shape index (κ2) is 7.50. The monoisotopic (exact) mass is 379 g/mol. The third-order valence-electron chi connectivity index (χ3n) is 5.41. The smallest absolute Gasteiger partial charge is 0.224 e. The van der Waals surface area contributed by atoms with E-state index in [0.29, 0.717) is 31.7 Å². The number of anilines is 2. The number of imidazole rings is 1. The number of para-hydroxylation sites is 1. The SMILES string of the molecule is Cc1cccc(C)c1Nc1noc2c1CN(C(=O)C[C@H](C)n1ccnc1)CC2. The van der Waals surface area contributed by atoms with E-state index >= 15 is 0 Å². The molecule has 146 valence electrons. The van der Waals surface area contributed by atoms with Gasteiger partial charge in [-0.05, 0) is 31.9 Å². The van der Waals surface area contributed by atoms with Crippen molar-refractivity contribution in [3.8, 4) is 0 Å². The number of hydrogen-bond donors (Lipinski definition) is 1. The van der Waals surface area contributed by atoms with Crippen LogP contribution in [0.5, 0.6) is 0 Å². The standard InChI is InChI=1S/C21H25N5O2/c1-14-5-4-6-15(2)20(14)23-21-17-12-25(9-7-18(17)28-24-21)19(27)11-16(3)26-10-8-22-13-26/h4-6,8,10,13,16H,7,9,11-12H2,1-3H3,(H,23,24)/t16-/m0/s1. The summed E-state index contributed by atoms with van der Waals surface area (Å²) in [6, 6.07) is 6.24. The Morgan fingerprint density at radius 3 is 2.82 bits per heavy atom. The number of nitrogens with zero attached hydrogens (tertiary/aromatic N) is 4. The van der Waals surface area contributed by atoms with Gasteiger partial charge in [-0.3, -0.25) is 4.79 Å². The number of carbonyl (C=O) groups excluding carboxylic acids is 1. The molecule has 0 spiro atoms. The Morgan fingerprint density at radius 2 is 2.11 bits per heavy atom. The molecule has 7 heteroatoms. The Labute approximate surface area is 164 Å². The lowest BCUT2D eigenvalue weighted by Gasteiger charge is -2.27. The second-order valence-corrected chi connectivity index (χ2v) is 7.45. The fraction of sp³-hybridized carbons (Fsp3) is 0.381. The molecule has 0 radical (unpaired) electrons. The zero-order chi connectivity index (χ0) is 19.7. The van der Waals surface area contributed by atoms with Gasteiger partial charge < -0.3 is 19.3 Å². The molecule has 0 saturated heterocycles. The molecule has 1 N–H and O–H groups in total. The first-order valence-electron chi connectivity index (χ1n) is 9.59. The summed E-state index contributed by atoms with van der Waals surface area (Å²) in [5, 5.41) is 7.65. The van der Waals surface area contributed by atoms with E-state index in [-0.39, 0.29) is 11.9 Å². The summed E-state index contributed by atoms with van der Waals surface area (Å²) in [4.78, 5) is 18.8. The predicted molar refractivity (Wildman–Crippen MR) is 106 cm³/mol. The lowest BCUT2D eigenvalue weighted by molar-refractivity contribution is -0.132. The van der Waals surface area contributed by atoms with Gasteiger partial charge in [-0.25, -0.2) is 4.98 Å². The van der Waals surface area contributed by atoms with Crippen LogP contribution in [0.15, 0.2) is 41.4 Å². The van der Waals surface area contributed by atoms with Crippen molar-refractivity contribution < 1.29 is 9.32 Å². The van der Waals surface area contributed by atoms with Crippen molar-refractivity contribution in [1.82, 2.24) is 19.6 Å². The fourth-order valence-electron chi connectivity index (χ4n) is 3.67. The van der Waals surface area contributed by atoms with E-state index < -0.39 is 0 Å². The summed E-state index contributed by atoms with van der Waals surface area (Å²) in [7, 11) is 0. The van der Waals surface area contributed by atoms with Crippen molar-refractivity contribution in [3.05, 3.63) is 59.4 Å². The molecule has 4 rings (SSSR count). The zero-order valence-electron chi connectivity index (χ0n) is 16.5. The molecule has 28 heavy (non-hydrogen) atoms. The first-order chi connectivity index (χ1) is 13.5. The third-order valence-corrected chi connectivity index (χ3v) is 5.41. The van der Waals surface area contributed by atoms with Crippen LogP contribution < -0.4 is 5.32 Å². The summed E-state index contributed by atoms with van der Waals surface area (Å²) in [5.74, 6) is 1.69. The first-order valence-corrected chi connectivity index (χ1v) is 9.59. The maximum atomic E-state index is 12.8. The molecule has 1 aliphatic heterocycles. The van der Waals surface area contributed by atoms with Gasteiger partial charge in [0.2, 0.25) is 5.91 Å². The number of carbonyl (C=O) groups is 1. The Bertz CT molecular complexity index is 957. The quantitative estimate of drug-likeness (QED) is 0.730. The summed E-state index contributed by atoms with van der Waals surface area (Å²) >= 11 is 0. The summed E-state index contributed by atoms with van der Waals surface area (Å²) in [6.07, 6.45) is 6.49. The molecule has 1 amide bonds. The molecule has 0 aliphatic carbocycles. The highest BCUT2D eigenvalue weighted by molar-refractivity contribution is 5.77. The summed E-state index contributed by atoms with van der Waals surface area (Å²) in [5.41, 5.74) is 4.30. The Kier molecular flexibility index (Phi) is 4.90. The van der Waals surface area contributed by atoms with E-state index in [9.17, 15) is 4.79 Å². The van der Waals surface area contributed by atoms with E-state index in [4.69, 9.17) is 4.52 Å². The van der Waals surface area contributed by atoms with Crippen molar-refractivity contribution in [3.63, 3.8) is 0 Å². The van der Waals surface area contributed by atoms with Crippen LogP contribution >= 0.6 is 0 Å². The van der Waals surface area contributed by atoms with E-state index in [0.717, 1.165) is 28.1 Å². The number of hydrogen-bond acceptors (Lipinski definition) is 5. The normalized spacial score (nSPS) is 14.6. The Hall–Kier alpha value is -3.09. The van der Waals surface area contributed by atoms with Crippen LogP contribution in [0.1, 0.15) is 41.8 Å². The van der Waals surface area contributed by atoms with E-state index in [1.54, 1.807) is 12.5 Å². The summed E-state index contributed by atoms with van der Waals surface area (Å²) < 4.78 is 7.50. The largest absolute Gasteiger partial charge is 0.359 e. The summed E-state index contributed by atoms with van der Waals surface area (Å²) in [6.45, 7) is 7.33. The number of aromatic nitrogens is 3. The minimum atomic E-state index is 0.0751. The zero-order valence-corrected chi connectivity index (χ0v) is 16.5. The number of benzene rings is 1. The molecule has 7 nitrogen and oxygen atoms in total. The minimum absolute atomic E-state index is 0.0751. The van der Waals surface area contributed by atoms with Crippen molar-refractivity contribution in [2.75, 3.05) is 11.9 Å². The highest BCUT2D eigenvalue weighted by atomic mass is 16.5.